The number of hydrogen-bond donors (Lipinski definition) is 2. The molecule has 0 saturated carbocycles. The lowest BCUT2D eigenvalue weighted by Gasteiger charge is -2.31. The second kappa shape index (κ2) is 11.2. The molecule has 4 aromatic rings. The largest absolute Gasteiger partial charge is 0.324 e. The smallest absolute Gasteiger partial charge is 0.280 e. The predicted molar refractivity (Wildman–Crippen MR) is 155 cm³/mol. The van der Waals surface area contributed by atoms with Gasteiger partial charge >= 0.3 is 0 Å². The van der Waals surface area contributed by atoms with Gasteiger partial charge in [-0.25, -0.2) is 10.5 Å². The second-order valence-corrected chi connectivity index (χ2v) is 10.6. The minimum absolute atomic E-state index is 0.0408. The van der Waals surface area contributed by atoms with Gasteiger partial charge in [0.15, 0.2) is 5.65 Å². The predicted octanol–water partition coefficient (Wildman–Crippen LogP) is 4.50. The molecular weight excluding hydrogens is 504 g/mol. The highest BCUT2D eigenvalue weighted by Crippen LogP contribution is 2.30. The number of piperidine rings is 1. The van der Waals surface area contributed by atoms with Crippen LogP contribution in [0.2, 0.25) is 0 Å². The Balaban J connectivity index is 1.38. The normalized spacial score (nSPS) is 15.8. The monoisotopic (exact) mass is 538 g/mol. The van der Waals surface area contributed by atoms with Crippen LogP contribution in [0.5, 0.6) is 0 Å². The summed E-state index contributed by atoms with van der Waals surface area (Å²) >= 11 is 0. The lowest BCUT2D eigenvalue weighted by molar-refractivity contribution is 0.0536. The fourth-order valence-electron chi connectivity index (χ4n) is 5.97. The fraction of sp³-hybridized carbons (Fsp3) is 0.355. The van der Waals surface area contributed by atoms with Crippen molar-refractivity contribution in [3.63, 3.8) is 0 Å². The van der Waals surface area contributed by atoms with E-state index < -0.39 is 11.3 Å². The molecule has 6 rings (SSSR count). The van der Waals surface area contributed by atoms with Crippen molar-refractivity contribution in [2.45, 2.75) is 44.9 Å². The summed E-state index contributed by atoms with van der Waals surface area (Å²) in [4.78, 5) is 42.5. The molecule has 0 unspecified atom stereocenters. The van der Waals surface area contributed by atoms with Crippen LogP contribution in [0, 0.1) is 0 Å². The first kappa shape index (κ1) is 26.2. The molecule has 206 valence electrons. The highest BCUT2D eigenvalue weighted by atomic mass is 16.6. The molecule has 9 nitrogen and oxygen atoms in total. The van der Waals surface area contributed by atoms with Crippen molar-refractivity contribution in [1.82, 2.24) is 24.9 Å². The van der Waals surface area contributed by atoms with Crippen LogP contribution >= 0.6 is 0 Å². The third-order valence-electron chi connectivity index (χ3n) is 8.19. The van der Waals surface area contributed by atoms with E-state index in [0.29, 0.717) is 17.5 Å². The summed E-state index contributed by atoms with van der Waals surface area (Å²) in [6, 6.07) is 14.7. The van der Waals surface area contributed by atoms with E-state index >= 15 is 0 Å². The third kappa shape index (κ3) is 5.10. The van der Waals surface area contributed by atoms with Crippen LogP contribution in [0.3, 0.4) is 0 Å². The molecule has 9 heteroatoms. The van der Waals surface area contributed by atoms with Gasteiger partial charge in [-0.15, -0.1) is 0 Å². The molecular formula is C31H34N6O3. The van der Waals surface area contributed by atoms with Gasteiger partial charge in [0.25, 0.3) is 5.91 Å². The van der Waals surface area contributed by atoms with Crippen LogP contribution in [-0.2, 0) is 17.7 Å². The number of aromatic nitrogens is 3. The van der Waals surface area contributed by atoms with Gasteiger partial charge in [-0.2, -0.15) is 4.98 Å². The average Bonchev–Trinajstić information content (AvgIpc) is 3.46. The number of nitrogens with one attached hydrogen (secondary N) is 2. The number of aryl methyl sites for hydroxylation is 2. The first-order valence-electron chi connectivity index (χ1n) is 14.0. The summed E-state index contributed by atoms with van der Waals surface area (Å²) in [5.74, 6) is 0.297. The molecule has 2 aromatic carbocycles. The highest BCUT2D eigenvalue weighted by molar-refractivity contribution is 5.96. The Hall–Kier alpha value is -4.08. The van der Waals surface area contributed by atoms with Crippen LogP contribution in [-0.4, -0.2) is 52.1 Å². The van der Waals surface area contributed by atoms with Crippen LogP contribution in [0.1, 0.15) is 59.2 Å². The number of anilines is 2. The summed E-state index contributed by atoms with van der Waals surface area (Å²) in [6.07, 6.45) is 8.52. The molecule has 1 saturated heterocycles. The van der Waals surface area contributed by atoms with Crippen molar-refractivity contribution < 1.29 is 9.63 Å². The number of hydrogen-bond acceptors (Lipinski definition) is 7. The van der Waals surface area contributed by atoms with E-state index in [4.69, 9.17) is 9.82 Å². The van der Waals surface area contributed by atoms with E-state index in [1.165, 1.54) is 36.2 Å². The lowest BCUT2D eigenvalue weighted by atomic mass is 9.89. The second-order valence-electron chi connectivity index (χ2n) is 10.6. The van der Waals surface area contributed by atoms with Crippen LogP contribution < -0.4 is 16.2 Å². The number of rotatable bonds is 7. The number of hydroxylamine groups is 1. The third-order valence-corrected chi connectivity index (χ3v) is 8.19. The zero-order valence-corrected chi connectivity index (χ0v) is 22.9. The molecule has 0 spiro atoms. The fourth-order valence-corrected chi connectivity index (χ4v) is 5.97. The Morgan fingerprint density at radius 1 is 1.10 bits per heavy atom. The van der Waals surface area contributed by atoms with Gasteiger partial charge in [-0.3, -0.25) is 14.4 Å². The van der Waals surface area contributed by atoms with Crippen LogP contribution in [0.15, 0.2) is 59.7 Å². The van der Waals surface area contributed by atoms with Gasteiger partial charge in [-0.1, -0.05) is 25.1 Å². The molecule has 3 heterocycles. The summed E-state index contributed by atoms with van der Waals surface area (Å²) in [5, 5.41) is 3.60. The van der Waals surface area contributed by atoms with Crippen LogP contribution in [0.4, 0.5) is 11.6 Å². The molecule has 1 aliphatic carbocycles. The summed E-state index contributed by atoms with van der Waals surface area (Å²) in [5.41, 5.74) is 7.86. The SMILES string of the molecule is CCN1CCC(c2cccc(Nc3ncc4c(=O)c(C(=O)NOC)cn(-c5ccc6c(c5)CCC6)c4n3)c2)CC1. The number of likely N-dealkylation sites (tertiary alicyclic amines) is 1. The van der Waals surface area contributed by atoms with E-state index in [2.05, 4.69) is 57.9 Å². The van der Waals surface area contributed by atoms with Gasteiger partial charge in [0.1, 0.15) is 5.56 Å². The zero-order valence-electron chi connectivity index (χ0n) is 22.9. The number of nitrogens with zero attached hydrogens (tertiary/aromatic N) is 4. The van der Waals surface area contributed by atoms with E-state index in [1.807, 2.05) is 12.1 Å². The van der Waals surface area contributed by atoms with E-state index in [9.17, 15) is 9.59 Å². The van der Waals surface area contributed by atoms with Crippen molar-refractivity contribution in [1.29, 1.82) is 0 Å². The van der Waals surface area contributed by atoms with E-state index in [1.54, 1.807) is 4.57 Å². The van der Waals surface area contributed by atoms with E-state index in [-0.39, 0.29) is 10.9 Å². The van der Waals surface area contributed by atoms with Crippen molar-refractivity contribution in [3.8, 4) is 5.69 Å². The molecule has 0 atom stereocenters. The Morgan fingerprint density at radius 3 is 2.73 bits per heavy atom. The van der Waals surface area contributed by atoms with Crippen molar-refractivity contribution >= 4 is 28.6 Å². The maximum Gasteiger partial charge on any atom is 0.280 e. The van der Waals surface area contributed by atoms with Crippen LogP contribution in [0.25, 0.3) is 16.7 Å². The Kier molecular flexibility index (Phi) is 7.32. The van der Waals surface area contributed by atoms with Crippen molar-refractivity contribution in [2.75, 3.05) is 32.1 Å². The lowest BCUT2D eigenvalue weighted by Crippen LogP contribution is -2.32. The minimum Gasteiger partial charge on any atom is -0.324 e. The quantitative estimate of drug-likeness (QED) is 0.334. The number of fused-ring (bicyclic) bond motifs is 2. The number of benzene rings is 2. The van der Waals surface area contributed by atoms with E-state index in [0.717, 1.165) is 63.1 Å². The molecule has 2 N–H and O–H groups in total. The van der Waals surface area contributed by atoms with Gasteiger partial charge in [0.05, 0.1) is 12.5 Å². The zero-order chi connectivity index (χ0) is 27.6. The Bertz CT molecular complexity index is 1620. The summed E-state index contributed by atoms with van der Waals surface area (Å²) in [7, 11) is 1.34. The Labute approximate surface area is 233 Å². The standard InChI is InChI=1S/C31H34N6O3/c1-3-36-14-12-21(13-15-36)22-8-5-9-24(16-22)33-31-32-18-26-28(38)27(30(39)35-40-2)19-37(29(26)34-31)25-11-10-20-6-4-7-23(20)17-25/h5,8-11,16-19,21H,3-4,6-7,12-15H2,1-2H3,(H,35,39)(H,32,33,34). The molecule has 1 aliphatic heterocycles. The van der Waals surface area contributed by atoms with Crippen molar-refractivity contribution in [3.05, 3.63) is 87.3 Å². The molecule has 40 heavy (non-hydrogen) atoms. The number of pyridine rings is 1. The summed E-state index contributed by atoms with van der Waals surface area (Å²) < 4.78 is 1.80. The van der Waals surface area contributed by atoms with Gasteiger partial charge in [0, 0.05) is 23.8 Å². The number of carbonyl (C=O) groups excluding carboxylic acids is 1. The topological polar surface area (TPSA) is 101 Å². The summed E-state index contributed by atoms with van der Waals surface area (Å²) in [6.45, 7) is 5.56. The molecule has 1 fully saturated rings. The first-order valence-corrected chi connectivity index (χ1v) is 14.0. The number of carbonyl (C=O) groups is 1. The Morgan fingerprint density at radius 2 is 1.93 bits per heavy atom. The molecule has 1 amide bonds. The van der Waals surface area contributed by atoms with Gasteiger partial charge < -0.3 is 14.8 Å². The molecule has 0 radical (unpaired) electrons. The average molecular weight is 539 g/mol. The molecule has 2 aliphatic rings. The van der Waals surface area contributed by atoms with Gasteiger partial charge in [0.2, 0.25) is 11.4 Å². The minimum atomic E-state index is -0.618. The maximum absolute atomic E-state index is 13.3. The number of amides is 1. The molecule has 2 aromatic heterocycles. The van der Waals surface area contributed by atoms with Gasteiger partial charge in [-0.05, 0) is 98.6 Å². The first-order chi connectivity index (χ1) is 19.5. The maximum atomic E-state index is 13.3. The highest BCUT2D eigenvalue weighted by Gasteiger charge is 2.21. The van der Waals surface area contributed by atoms with Crippen molar-refractivity contribution in [2.24, 2.45) is 0 Å². The molecule has 0 bridgehead atoms.